The standard InChI is InChI=1S/C12H27N3/c1-5-8-15-10-12(2,3)14(4)9-11(15)6-7-13/h11H,5-10,13H2,1-4H3. The van der Waals surface area contributed by atoms with Crippen LogP contribution >= 0.6 is 0 Å². The molecule has 3 nitrogen and oxygen atoms in total. The Bertz CT molecular complexity index is 191. The van der Waals surface area contributed by atoms with Gasteiger partial charge in [-0.2, -0.15) is 0 Å². The molecule has 1 heterocycles. The zero-order valence-corrected chi connectivity index (χ0v) is 10.8. The molecule has 0 aromatic rings. The van der Waals surface area contributed by atoms with Crippen molar-refractivity contribution < 1.29 is 0 Å². The number of hydrogen-bond donors (Lipinski definition) is 1. The van der Waals surface area contributed by atoms with Gasteiger partial charge in [0.2, 0.25) is 0 Å². The molecule has 90 valence electrons. The third-order valence-electron chi connectivity index (χ3n) is 3.64. The van der Waals surface area contributed by atoms with Crippen molar-refractivity contribution in [2.24, 2.45) is 5.73 Å². The molecule has 0 spiro atoms. The summed E-state index contributed by atoms with van der Waals surface area (Å²) in [6.45, 7) is 11.3. The highest BCUT2D eigenvalue weighted by Crippen LogP contribution is 2.24. The van der Waals surface area contributed by atoms with Crippen LogP contribution in [0.15, 0.2) is 0 Å². The van der Waals surface area contributed by atoms with E-state index in [1.165, 1.54) is 19.5 Å². The average Bonchev–Trinajstić information content (AvgIpc) is 2.14. The molecule has 0 radical (unpaired) electrons. The second-order valence-corrected chi connectivity index (χ2v) is 5.39. The van der Waals surface area contributed by atoms with E-state index in [0.29, 0.717) is 11.6 Å². The van der Waals surface area contributed by atoms with Gasteiger partial charge in [0.1, 0.15) is 0 Å². The molecule has 0 aromatic heterocycles. The number of hydrogen-bond acceptors (Lipinski definition) is 3. The van der Waals surface area contributed by atoms with E-state index in [1.54, 1.807) is 0 Å². The molecule has 0 saturated carbocycles. The number of nitrogens with two attached hydrogens (primary N) is 1. The first-order chi connectivity index (χ1) is 7.01. The molecular formula is C12H27N3. The van der Waals surface area contributed by atoms with Crippen molar-refractivity contribution in [3.63, 3.8) is 0 Å². The Labute approximate surface area is 94.6 Å². The minimum atomic E-state index is 0.306. The second kappa shape index (κ2) is 5.28. The fourth-order valence-electron chi connectivity index (χ4n) is 2.44. The van der Waals surface area contributed by atoms with Crippen molar-refractivity contribution in [1.82, 2.24) is 9.80 Å². The molecule has 2 N–H and O–H groups in total. The van der Waals surface area contributed by atoms with E-state index in [-0.39, 0.29) is 0 Å². The summed E-state index contributed by atoms with van der Waals surface area (Å²) in [5, 5.41) is 0. The van der Waals surface area contributed by atoms with Crippen LogP contribution in [0.1, 0.15) is 33.6 Å². The summed E-state index contributed by atoms with van der Waals surface area (Å²) in [6, 6.07) is 0.660. The minimum absolute atomic E-state index is 0.306. The zero-order chi connectivity index (χ0) is 11.5. The van der Waals surface area contributed by atoms with Gasteiger partial charge in [0.15, 0.2) is 0 Å². The normalized spacial score (nSPS) is 28.2. The van der Waals surface area contributed by atoms with E-state index in [4.69, 9.17) is 5.73 Å². The Morgan fingerprint density at radius 1 is 1.40 bits per heavy atom. The van der Waals surface area contributed by atoms with Crippen LogP contribution in [0.25, 0.3) is 0 Å². The summed E-state index contributed by atoms with van der Waals surface area (Å²) in [6.07, 6.45) is 2.36. The summed E-state index contributed by atoms with van der Waals surface area (Å²) in [4.78, 5) is 5.09. The highest BCUT2D eigenvalue weighted by Gasteiger charge is 2.35. The average molecular weight is 213 g/mol. The quantitative estimate of drug-likeness (QED) is 0.760. The van der Waals surface area contributed by atoms with Crippen LogP contribution in [0.4, 0.5) is 0 Å². The van der Waals surface area contributed by atoms with Gasteiger partial charge in [-0.1, -0.05) is 6.92 Å². The van der Waals surface area contributed by atoms with Crippen molar-refractivity contribution in [3.8, 4) is 0 Å². The van der Waals surface area contributed by atoms with E-state index in [2.05, 4.69) is 37.6 Å². The molecule has 15 heavy (non-hydrogen) atoms. The zero-order valence-electron chi connectivity index (χ0n) is 10.8. The maximum absolute atomic E-state index is 5.69. The van der Waals surface area contributed by atoms with Gasteiger partial charge in [-0.15, -0.1) is 0 Å². The van der Waals surface area contributed by atoms with Gasteiger partial charge in [-0.05, 0) is 46.8 Å². The fraction of sp³-hybridized carbons (Fsp3) is 1.00. The third kappa shape index (κ3) is 3.16. The molecule has 1 fully saturated rings. The summed E-state index contributed by atoms with van der Waals surface area (Å²) < 4.78 is 0. The van der Waals surface area contributed by atoms with Crippen molar-refractivity contribution in [2.45, 2.75) is 45.2 Å². The molecule has 1 rings (SSSR count). The van der Waals surface area contributed by atoms with E-state index in [0.717, 1.165) is 19.5 Å². The molecule has 0 amide bonds. The molecular weight excluding hydrogens is 186 g/mol. The molecule has 1 aliphatic heterocycles. The summed E-state index contributed by atoms with van der Waals surface area (Å²) in [5.74, 6) is 0. The predicted octanol–water partition coefficient (Wildman–Crippen LogP) is 1.14. The van der Waals surface area contributed by atoms with Crippen LogP contribution in [0.2, 0.25) is 0 Å². The van der Waals surface area contributed by atoms with Crippen molar-refractivity contribution >= 4 is 0 Å². The topological polar surface area (TPSA) is 32.5 Å². The molecule has 1 atom stereocenters. The molecule has 1 saturated heterocycles. The van der Waals surface area contributed by atoms with Gasteiger partial charge in [0, 0.05) is 24.7 Å². The van der Waals surface area contributed by atoms with Gasteiger partial charge in [0.25, 0.3) is 0 Å². The number of rotatable bonds is 4. The van der Waals surface area contributed by atoms with Crippen LogP contribution in [-0.4, -0.2) is 54.6 Å². The predicted molar refractivity (Wildman–Crippen MR) is 66.0 cm³/mol. The first-order valence-corrected chi connectivity index (χ1v) is 6.16. The van der Waals surface area contributed by atoms with Gasteiger partial charge in [-0.3, -0.25) is 9.80 Å². The Kier molecular flexibility index (Phi) is 4.56. The van der Waals surface area contributed by atoms with Gasteiger partial charge in [0.05, 0.1) is 0 Å². The lowest BCUT2D eigenvalue weighted by Crippen LogP contribution is -2.62. The van der Waals surface area contributed by atoms with Crippen molar-refractivity contribution in [2.75, 3.05) is 33.2 Å². The first kappa shape index (κ1) is 12.9. The van der Waals surface area contributed by atoms with Crippen LogP contribution < -0.4 is 5.73 Å². The van der Waals surface area contributed by atoms with E-state index in [9.17, 15) is 0 Å². The molecule has 0 bridgehead atoms. The van der Waals surface area contributed by atoms with Gasteiger partial charge >= 0.3 is 0 Å². The lowest BCUT2D eigenvalue weighted by atomic mass is 9.95. The lowest BCUT2D eigenvalue weighted by molar-refractivity contribution is -0.00306. The van der Waals surface area contributed by atoms with Crippen molar-refractivity contribution in [3.05, 3.63) is 0 Å². The van der Waals surface area contributed by atoms with Crippen LogP contribution in [-0.2, 0) is 0 Å². The molecule has 1 aliphatic rings. The monoisotopic (exact) mass is 213 g/mol. The fourth-order valence-corrected chi connectivity index (χ4v) is 2.44. The lowest BCUT2D eigenvalue weighted by Gasteiger charge is -2.50. The number of nitrogens with zero attached hydrogens (tertiary/aromatic N) is 2. The molecule has 3 heteroatoms. The first-order valence-electron chi connectivity index (χ1n) is 6.16. The third-order valence-corrected chi connectivity index (χ3v) is 3.64. The molecule has 1 unspecified atom stereocenters. The highest BCUT2D eigenvalue weighted by atomic mass is 15.3. The second-order valence-electron chi connectivity index (χ2n) is 5.39. The Morgan fingerprint density at radius 2 is 2.07 bits per heavy atom. The van der Waals surface area contributed by atoms with Crippen LogP contribution in [0.3, 0.4) is 0 Å². The van der Waals surface area contributed by atoms with E-state index >= 15 is 0 Å². The summed E-state index contributed by atoms with van der Waals surface area (Å²) >= 11 is 0. The SMILES string of the molecule is CCCN1CC(C)(C)N(C)CC1CCN. The van der Waals surface area contributed by atoms with Crippen molar-refractivity contribution in [1.29, 1.82) is 0 Å². The Morgan fingerprint density at radius 3 is 2.60 bits per heavy atom. The number of piperazine rings is 1. The van der Waals surface area contributed by atoms with Crippen LogP contribution in [0, 0.1) is 0 Å². The van der Waals surface area contributed by atoms with E-state index < -0.39 is 0 Å². The maximum Gasteiger partial charge on any atom is 0.0277 e. The Balaban J connectivity index is 2.63. The van der Waals surface area contributed by atoms with Crippen LogP contribution in [0.5, 0.6) is 0 Å². The summed E-state index contributed by atoms with van der Waals surface area (Å²) in [7, 11) is 2.23. The summed E-state index contributed by atoms with van der Waals surface area (Å²) in [5.41, 5.74) is 5.99. The number of likely N-dealkylation sites (N-methyl/N-ethyl adjacent to an activating group) is 1. The smallest absolute Gasteiger partial charge is 0.0277 e. The highest BCUT2D eigenvalue weighted by molar-refractivity contribution is 4.93. The maximum atomic E-state index is 5.69. The minimum Gasteiger partial charge on any atom is -0.330 e. The molecule has 0 aromatic carbocycles. The van der Waals surface area contributed by atoms with Gasteiger partial charge < -0.3 is 5.73 Å². The molecule has 0 aliphatic carbocycles. The van der Waals surface area contributed by atoms with Gasteiger partial charge in [-0.25, -0.2) is 0 Å². The Hall–Kier alpha value is -0.120. The largest absolute Gasteiger partial charge is 0.330 e. The van der Waals surface area contributed by atoms with E-state index in [1.807, 2.05) is 0 Å².